The fraction of sp³-hybridized carbons (Fsp3) is 0.0714. The van der Waals surface area contributed by atoms with Crippen LogP contribution in [-0.2, 0) is 6.18 Å². The van der Waals surface area contributed by atoms with Crippen LogP contribution in [0.1, 0.15) is 15.9 Å². The maximum atomic E-state index is 12.9. The number of amides is 1. The van der Waals surface area contributed by atoms with Crippen molar-refractivity contribution in [2.75, 3.05) is 10.7 Å². The fourth-order valence-corrected chi connectivity index (χ4v) is 1.84. The van der Waals surface area contributed by atoms with Crippen molar-refractivity contribution in [3.05, 3.63) is 59.7 Å². The van der Waals surface area contributed by atoms with Crippen molar-refractivity contribution in [3.8, 4) is 0 Å². The number of benzene rings is 2. The predicted octanol–water partition coefficient (Wildman–Crippen LogP) is 3.24. The molecule has 0 atom stereocenters. The molecule has 4 N–H and O–H groups in total. The van der Waals surface area contributed by atoms with E-state index >= 15 is 0 Å². The lowest BCUT2D eigenvalue weighted by atomic mass is 10.1. The Morgan fingerprint density at radius 3 is 2.14 bits per heavy atom. The van der Waals surface area contributed by atoms with Gasteiger partial charge in [-0.05, 0) is 24.3 Å². The number of nitrogens with one attached hydrogen (secondary N) is 2. The van der Waals surface area contributed by atoms with E-state index in [0.717, 1.165) is 6.07 Å². The van der Waals surface area contributed by atoms with Gasteiger partial charge in [0, 0.05) is 0 Å². The minimum Gasteiger partial charge on any atom is -0.323 e. The third-order valence-electron chi connectivity index (χ3n) is 2.81. The molecule has 0 saturated heterocycles. The van der Waals surface area contributed by atoms with Crippen LogP contribution in [0.3, 0.4) is 0 Å². The molecule has 1 amide bonds. The fourth-order valence-electron chi connectivity index (χ4n) is 1.84. The van der Waals surface area contributed by atoms with Crippen LogP contribution in [0, 0.1) is 0 Å². The molecule has 0 spiro atoms. The molecule has 0 aliphatic rings. The number of para-hydroxylation sites is 2. The van der Waals surface area contributed by atoms with Gasteiger partial charge in [-0.15, -0.1) is 0 Å². The standard InChI is InChI=1S/C14H12F3N3O/c15-14(16,17)10-6-2-4-8-12(10)19-13(21)9-5-1-3-7-11(9)20-18/h1-8,20H,18H2,(H,19,21). The van der Waals surface area contributed by atoms with Gasteiger partial charge in [0.25, 0.3) is 5.91 Å². The van der Waals surface area contributed by atoms with E-state index in [0.29, 0.717) is 5.69 Å². The Labute approximate surface area is 118 Å². The van der Waals surface area contributed by atoms with Gasteiger partial charge in [0.05, 0.1) is 22.5 Å². The predicted molar refractivity (Wildman–Crippen MR) is 73.6 cm³/mol. The van der Waals surface area contributed by atoms with E-state index in [1.807, 2.05) is 0 Å². The van der Waals surface area contributed by atoms with Crippen molar-refractivity contribution in [2.24, 2.45) is 5.84 Å². The van der Waals surface area contributed by atoms with Crippen molar-refractivity contribution in [1.29, 1.82) is 0 Å². The first-order chi connectivity index (χ1) is 9.93. The van der Waals surface area contributed by atoms with E-state index in [-0.39, 0.29) is 11.3 Å². The van der Waals surface area contributed by atoms with E-state index in [1.54, 1.807) is 18.2 Å². The number of nitrogens with two attached hydrogens (primary N) is 1. The average molecular weight is 295 g/mol. The molecule has 4 nitrogen and oxygen atoms in total. The Balaban J connectivity index is 2.33. The molecule has 0 fully saturated rings. The van der Waals surface area contributed by atoms with Crippen LogP contribution >= 0.6 is 0 Å². The highest BCUT2D eigenvalue weighted by molar-refractivity contribution is 6.08. The minimum atomic E-state index is -4.55. The number of hydrogen-bond acceptors (Lipinski definition) is 3. The van der Waals surface area contributed by atoms with Crippen LogP contribution in [-0.4, -0.2) is 5.91 Å². The smallest absolute Gasteiger partial charge is 0.323 e. The molecule has 0 unspecified atom stereocenters. The highest BCUT2D eigenvalue weighted by Gasteiger charge is 2.33. The van der Waals surface area contributed by atoms with Crippen LogP contribution in [0.5, 0.6) is 0 Å². The van der Waals surface area contributed by atoms with Gasteiger partial charge in [0.15, 0.2) is 0 Å². The molecule has 7 heteroatoms. The number of alkyl halides is 3. The maximum Gasteiger partial charge on any atom is 0.418 e. The highest BCUT2D eigenvalue weighted by Crippen LogP contribution is 2.34. The van der Waals surface area contributed by atoms with E-state index < -0.39 is 17.6 Å². The van der Waals surface area contributed by atoms with Crippen molar-refractivity contribution in [1.82, 2.24) is 0 Å². The third kappa shape index (κ3) is 3.32. The van der Waals surface area contributed by atoms with Gasteiger partial charge in [-0.1, -0.05) is 24.3 Å². The monoisotopic (exact) mass is 295 g/mol. The summed E-state index contributed by atoms with van der Waals surface area (Å²) in [5.74, 6) is 4.59. The summed E-state index contributed by atoms with van der Waals surface area (Å²) in [5, 5.41) is 2.25. The Kier molecular flexibility index (Phi) is 4.13. The lowest BCUT2D eigenvalue weighted by Crippen LogP contribution is -2.19. The van der Waals surface area contributed by atoms with Crippen LogP contribution < -0.4 is 16.6 Å². The number of hydrazine groups is 1. The molecule has 21 heavy (non-hydrogen) atoms. The molecule has 0 aliphatic carbocycles. The number of hydrogen-bond donors (Lipinski definition) is 3. The molecule has 0 aliphatic heterocycles. The first-order valence-electron chi connectivity index (χ1n) is 5.96. The lowest BCUT2D eigenvalue weighted by Gasteiger charge is -2.14. The van der Waals surface area contributed by atoms with E-state index in [9.17, 15) is 18.0 Å². The van der Waals surface area contributed by atoms with Gasteiger partial charge in [0.2, 0.25) is 0 Å². The zero-order chi connectivity index (χ0) is 15.5. The Bertz CT molecular complexity index is 656. The summed E-state index contributed by atoms with van der Waals surface area (Å²) in [4.78, 5) is 12.1. The average Bonchev–Trinajstić information content (AvgIpc) is 2.46. The van der Waals surface area contributed by atoms with Crippen LogP contribution in [0.15, 0.2) is 48.5 Å². The Morgan fingerprint density at radius 1 is 0.952 bits per heavy atom. The topological polar surface area (TPSA) is 67.1 Å². The number of halogens is 3. The SMILES string of the molecule is NNc1ccccc1C(=O)Nc1ccccc1C(F)(F)F. The molecule has 0 saturated carbocycles. The molecular weight excluding hydrogens is 283 g/mol. The molecule has 0 bridgehead atoms. The maximum absolute atomic E-state index is 12.9. The van der Waals surface area contributed by atoms with Gasteiger partial charge in [-0.2, -0.15) is 13.2 Å². The van der Waals surface area contributed by atoms with E-state index in [2.05, 4.69) is 10.7 Å². The number of anilines is 2. The summed E-state index contributed by atoms with van der Waals surface area (Å²) in [6.07, 6.45) is -4.55. The van der Waals surface area contributed by atoms with Crippen molar-refractivity contribution >= 4 is 17.3 Å². The second kappa shape index (κ2) is 5.84. The summed E-state index contributed by atoms with van der Waals surface area (Å²) in [6.45, 7) is 0. The second-order valence-electron chi connectivity index (χ2n) is 4.19. The minimum absolute atomic E-state index is 0.150. The van der Waals surface area contributed by atoms with Crippen LogP contribution in [0.25, 0.3) is 0 Å². The normalized spacial score (nSPS) is 11.0. The first-order valence-corrected chi connectivity index (χ1v) is 5.96. The second-order valence-corrected chi connectivity index (χ2v) is 4.19. The van der Waals surface area contributed by atoms with E-state index in [4.69, 9.17) is 5.84 Å². The number of carbonyl (C=O) groups excluding carboxylic acids is 1. The van der Waals surface area contributed by atoms with Crippen molar-refractivity contribution in [3.63, 3.8) is 0 Å². The van der Waals surface area contributed by atoms with Crippen molar-refractivity contribution in [2.45, 2.75) is 6.18 Å². The molecule has 2 rings (SSSR count). The summed E-state index contributed by atoms with van der Waals surface area (Å²) < 4.78 is 38.6. The summed E-state index contributed by atoms with van der Waals surface area (Å²) >= 11 is 0. The Morgan fingerprint density at radius 2 is 1.52 bits per heavy atom. The number of rotatable bonds is 3. The molecule has 0 heterocycles. The molecule has 2 aromatic carbocycles. The number of carbonyl (C=O) groups is 1. The van der Waals surface area contributed by atoms with Crippen LogP contribution in [0.4, 0.5) is 24.5 Å². The summed E-state index contributed by atoms with van der Waals surface area (Å²) in [5.41, 5.74) is 1.58. The molecule has 0 aromatic heterocycles. The molecular formula is C14H12F3N3O. The van der Waals surface area contributed by atoms with Gasteiger partial charge in [-0.3, -0.25) is 10.6 Å². The largest absolute Gasteiger partial charge is 0.418 e. The first kappa shape index (κ1) is 14.9. The quantitative estimate of drug-likeness (QED) is 0.601. The summed E-state index contributed by atoms with van der Waals surface area (Å²) in [7, 11) is 0. The van der Waals surface area contributed by atoms with Gasteiger partial charge < -0.3 is 10.7 Å². The van der Waals surface area contributed by atoms with Gasteiger partial charge >= 0.3 is 6.18 Å². The molecule has 110 valence electrons. The van der Waals surface area contributed by atoms with Gasteiger partial charge in [-0.25, -0.2) is 0 Å². The third-order valence-corrected chi connectivity index (χ3v) is 2.81. The zero-order valence-electron chi connectivity index (χ0n) is 10.7. The zero-order valence-corrected chi connectivity index (χ0v) is 10.7. The molecule has 2 aromatic rings. The number of nitrogen functional groups attached to an aromatic ring is 1. The van der Waals surface area contributed by atoms with Crippen LogP contribution in [0.2, 0.25) is 0 Å². The lowest BCUT2D eigenvalue weighted by molar-refractivity contribution is -0.136. The Hall–Kier alpha value is -2.54. The highest BCUT2D eigenvalue weighted by atomic mass is 19.4. The van der Waals surface area contributed by atoms with Crippen molar-refractivity contribution < 1.29 is 18.0 Å². The van der Waals surface area contributed by atoms with Gasteiger partial charge in [0.1, 0.15) is 0 Å². The van der Waals surface area contributed by atoms with E-state index in [1.165, 1.54) is 24.3 Å². The summed E-state index contributed by atoms with van der Waals surface area (Å²) in [6, 6.07) is 11.0. The molecule has 0 radical (unpaired) electrons.